The number of carbonyl (C=O) groups excluding carboxylic acids is 1. The van der Waals surface area contributed by atoms with E-state index in [4.69, 9.17) is 11.6 Å². The first-order chi connectivity index (χ1) is 12.1. The summed E-state index contributed by atoms with van der Waals surface area (Å²) in [6.45, 7) is 1.84. The summed E-state index contributed by atoms with van der Waals surface area (Å²) in [5, 5.41) is 4.69. The molecule has 0 aliphatic heterocycles. The number of nitrogens with zero attached hydrogens (tertiary/aromatic N) is 2. The fourth-order valence-corrected chi connectivity index (χ4v) is 4.53. The molecule has 4 nitrogen and oxygen atoms in total. The summed E-state index contributed by atoms with van der Waals surface area (Å²) in [7, 11) is 0. The number of thiophene rings is 1. The van der Waals surface area contributed by atoms with Gasteiger partial charge in [0, 0.05) is 5.39 Å². The van der Waals surface area contributed by atoms with Crippen molar-refractivity contribution in [3.63, 3.8) is 0 Å². The zero-order valence-corrected chi connectivity index (χ0v) is 15.5. The summed E-state index contributed by atoms with van der Waals surface area (Å²) in [4.78, 5) is 23.0. The molecule has 0 bridgehead atoms. The molecule has 3 aromatic heterocycles. The van der Waals surface area contributed by atoms with E-state index < -0.39 is 0 Å². The average molecular weight is 386 g/mol. The van der Waals surface area contributed by atoms with Crippen LogP contribution < -0.4 is 5.32 Å². The van der Waals surface area contributed by atoms with Crippen LogP contribution in [0.25, 0.3) is 20.8 Å². The van der Waals surface area contributed by atoms with E-state index in [9.17, 15) is 4.79 Å². The van der Waals surface area contributed by atoms with E-state index >= 15 is 0 Å². The number of hydrogen-bond donors (Lipinski definition) is 1. The Morgan fingerprint density at radius 2 is 2.00 bits per heavy atom. The highest BCUT2D eigenvalue weighted by Crippen LogP contribution is 2.35. The molecule has 0 saturated carbocycles. The third-order valence-corrected chi connectivity index (χ3v) is 6.19. The minimum atomic E-state index is -0.180. The van der Waals surface area contributed by atoms with Crippen molar-refractivity contribution < 1.29 is 4.79 Å². The van der Waals surface area contributed by atoms with Crippen molar-refractivity contribution in [2.75, 3.05) is 5.32 Å². The summed E-state index contributed by atoms with van der Waals surface area (Å²) >= 11 is 8.80. The number of benzene rings is 1. The van der Waals surface area contributed by atoms with Gasteiger partial charge in [0.2, 0.25) is 0 Å². The Kier molecular flexibility index (Phi) is 4.25. The van der Waals surface area contributed by atoms with Gasteiger partial charge in [-0.3, -0.25) is 9.78 Å². The Morgan fingerprint density at radius 1 is 1.16 bits per heavy atom. The molecule has 0 aliphatic rings. The van der Waals surface area contributed by atoms with Crippen LogP contribution in [0.2, 0.25) is 4.34 Å². The Labute approximate surface area is 157 Å². The van der Waals surface area contributed by atoms with Crippen LogP contribution in [0, 0.1) is 6.92 Å². The summed E-state index contributed by atoms with van der Waals surface area (Å²) in [5.41, 5.74) is 2.26. The highest BCUT2D eigenvalue weighted by atomic mass is 35.5. The molecule has 4 aromatic rings. The van der Waals surface area contributed by atoms with E-state index in [1.54, 1.807) is 6.20 Å². The first-order valence-corrected chi connectivity index (χ1v) is 9.50. The maximum absolute atomic E-state index is 12.6. The number of rotatable bonds is 3. The standard InChI is InChI=1S/C18H12ClN3OS2/c1-10-16(25-18(21-10)14-6-7-15(19)24-14)17(23)22-12-8-11-4-2-3-5-13(11)20-9-12/h2-9H,1H3,(H,22,23). The lowest BCUT2D eigenvalue weighted by molar-refractivity contribution is 0.103. The largest absolute Gasteiger partial charge is 0.320 e. The van der Waals surface area contributed by atoms with E-state index in [-0.39, 0.29) is 5.91 Å². The Bertz CT molecular complexity index is 1090. The van der Waals surface area contributed by atoms with Gasteiger partial charge < -0.3 is 5.32 Å². The number of fused-ring (bicyclic) bond motifs is 1. The molecule has 1 amide bonds. The van der Waals surface area contributed by atoms with Gasteiger partial charge in [0.15, 0.2) is 0 Å². The smallest absolute Gasteiger partial charge is 0.267 e. The van der Waals surface area contributed by atoms with Crippen molar-refractivity contribution in [3.8, 4) is 9.88 Å². The molecule has 0 unspecified atom stereocenters. The van der Waals surface area contributed by atoms with Gasteiger partial charge in [-0.05, 0) is 31.2 Å². The molecule has 0 aliphatic carbocycles. The minimum Gasteiger partial charge on any atom is -0.320 e. The van der Waals surface area contributed by atoms with E-state index in [2.05, 4.69) is 15.3 Å². The number of carbonyl (C=O) groups is 1. The Morgan fingerprint density at radius 3 is 2.80 bits per heavy atom. The highest BCUT2D eigenvalue weighted by molar-refractivity contribution is 7.24. The number of halogens is 1. The maximum Gasteiger partial charge on any atom is 0.267 e. The second-order valence-corrected chi connectivity index (χ2v) is 8.12. The molecule has 1 aromatic carbocycles. The highest BCUT2D eigenvalue weighted by Gasteiger charge is 2.17. The molecule has 0 atom stereocenters. The number of nitrogens with one attached hydrogen (secondary N) is 1. The molecule has 124 valence electrons. The summed E-state index contributed by atoms with van der Waals surface area (Å²) in [6, 6.07) is 13.4. The van der Waals surface area contributed by atoms with Gasteiger partial charge in [0.25, 0.3) is 5.91 Å². The van der Waals surface area contributed by atoms with Gasteiger partial charge in [-0.15, -0.1) is 22.7 Å². The van der Waals surface area contributed by atoms with Gasteiger partial charge in [0.05, 0.1) is 32.3 Å². The lowest BCUT2D eigenvalue weighted by Gasteiger charge is -2.05. The van der Waals surface area contributed by atoms with Crippen molar-refractivity contribution in [2.45, 2.75) is 6.92 Å². The SMILES string of the molecule is Cc1nc(-c2ccc(Cl)s2)sc1C(=O)Nc1cnc2ccccc2c1. The molecule has 7 heteroatoms. The molecule has 4 rings (SSSR count). The number of aromatic nitrogens is 2. The maximum atomic E-state index is 12.6. The number of aryl methyl sites for hydroxylation is 1. The van der Waals surface area contributed by atoms with Gasteiger partial charge in [-0.25, -0.2) is 4.98 Å². The summed E-state index contributed by atoms with van der Waals surface area (Å²) in [5.74, 6) is -0.180. The Balaban J connectivity index is 1.61. The van der Waals surface area contributed by atoms with E-state index in [1.165, 1.54) is 22.7 Å². The van der Waals surface area contributed by atoms with Crippen molar-refractivity contribution in [1.29, 1.82) is 0 Å². The van der Waals surface area contributed by atoms with Crippen LogP contribution in [0.5, 0.6) is 0 Å². The second kappa shape index (κ2) is 6.55. The molecule has 0 radical (unpaired) electrons. The topological polar surface area (TPSA) is 54.9 Å². The number of anilines is 1. The molecule has 0 fully saturated rings. The molecular formula is C18H12ClN3OS2. The zero-order valence-electron chi connectivity index (χ0n) is 13.1. The molecular weight excluding hydrogens is 374 g/mol. The van der Waals surface area contributed by atoms with Crippen molar-refractivity contribution >= 4 is 56.8 Å². The lowest BCUT2D eigenvalue weighted by Crippen LogP contribution is -2.11. The predicted molar refractivity (Wildman–Crippen MR) is 105 cm³/mol. The summed E-state index contributed by atoms with van der Waals surface area (Å²) in [6.07, 6.45) is 1.66. The van der Waals surface area contributed by atoms with Gasteiger partial charge >= 0.3 is 0 Å². The quantitative estimate of drug-likeness (QED) is 0.497. The molecule has 0 spiro atoms. The van der Waals surface area contributed by atoms with Crippen LogP contribution >= 0.6 is 34.3 Å². The number of thiazole rings is 1. The first kappa shape index (κ1) is 16.2. The van der Waals surface area contributed by atoms with Crippen LogP contribution in [0.15, 0.2) is 48.7 Å². The van der Waals surface area contributed by atoms with Crippen molar-refractivity contribution in [3.05, 3.63) is 63.6 Å². The van der Waals surface area contributed by atoms with Crippen LogP contribution in [0.1, 0.15) is 15.4 Å². The predicted octanol–water partition coefficient (Wildman–Crippen LogP) is 5.63. The fourth-order valence-electron chi connectivity index (χ4n) is 2.47. The van der Waals surface area contributed by atoms with E-state index in [0.29, 0.717) is 20.6 Å². The molecule has 0 saturated heterocycles. The first-order valence-electron chi connectivity index (χ1n) is 7.49. The number of para-hydroxylation sites is 1. The number of hydrogen-bond acceptors (Lipinski definition) is 5. The number of pyridine rings is 1. The van der Waals surface area contributed by atoms with Crippen LogP contribution in [0.4, 0.5) is 5.69 Å². The molecule has 1 N–H and O–H groups in total. The zero-order chi connectivity index (χ0) is 17.4. The van der Waals surface area contributed by atoms with E-state index in [1.807, 2.05) is 49.4 Å². The van der Waals surface area contributed by atoms with Gasteiger partial charge in [0.1, 0.15) is 9.88 Å². The third-order valence-electron chi connectivity index (χ3n) is 3.64. The monoisotopic (exact) mass is 385 g/mol. The minimum absolute atomic E-state index is 0.180. The molecule has 3 heterocycles. The molecule has 25 heavy (non-hydrogen) atoms. The van der Waals surface area contributed by atoms with Gasteiger partial charge in [-0.1, -0.05) is 29.8 Å². The van der Waals surface area contributed by atoms with Crippen LogP contribution in [0.3, 0.4) is 0 Å². The van der Waals surface area contributed by atoms with Gasteiger partial charge in [-0.2, -0.15) is 0 Å². The second-order valence-electron chi connectivity index (χ2n) is 5.41. The number of amides is 1. The fraction of sp³-hybridized carbons (Fsp3) is 0.0556. The lowest BCUT2D eigenvalue weighted by atomic mass is 10.2. The van der Waals surface area contributed by atoms with Crippen LogP contribution in [-0.2, 0) is 0 Å². The average Bonchev–Trinajstić information content (AvgIpc) is 3.20. The normalized spacial score (nSPS) is 11.0. The van der Waals surface area contributed by atoms with Crippen molar-refractivity contribution in [2.24, 2.45) is 0 Å². The van der Waals surface area contributed by atoms with E-state index in [0.717, 1.165) is 20.8 Å². The summed E-state index contributed by atoms with van der Waals surface area (Å²) < 4.78 is 0.705. The Hall–Kier alpha value is -2.28. The van der Waals surface area contributed by atoms with Crippen LogP contribution in [-0.4, -0.2) is 15.9 Å². The van der Waals surface area contributed by atoms with Crippen molar-refractivity contribution in [1.82, 2.24) is 9.97 Å². The third kappa shape index (κ3) is 3.28.